The van der Waals surface area contributed by atoms with E-state index in [2.05, 4.69) is 19.2 Å². The van der Waals surface area contributed by atoms with Crippen LogP contribution in [0.3, 0.4) is 0 Å². The van der Waals surface area contributed by atoms with Crippen molar-refractivity contribution in [2.75, 3.05) is 13.1 Å². The Morgan fingerprint density at radius 3 is 2.38 bits per heavy atom. The van der Waals surface area contributed by atoms with Gasteiger partial charge >= 0.3 is 5.97 Å². The topological polar surface area (TPSA) is 58.6 Å². The molecule has 0 aliphatic carbocycles. The van der Waals surface area contributed by atoms with Gasteiger partial charge in [-0.25, -0.2) is 0 Å². The van der Waals surface area contributed by atoms with Crippen molar-refractivity contribution in [1.29, 1.82) is 0 Å². The van der Waals surface area contributed by atoms with Gasteiger partial charge in [0.2, 0.25) is 0 Å². The lowest BCUT2D eigenvalue weighted by atomic mass is 10.1. The highest BCUT2D eigenvalue weighted by Gasteiger charge is 2.16. The number of hydrogen-bond acceptors (Lipinski definition) is 4. The van der Waals surface area contributed by atoms with Crippen molar-refractivity contribution < 1.29 is 14.6 Å². The van der Waals surface area contributed by atoms with E-state index in [-0.39, 0.29) is 12.5 Å². The van der Waals surface area contributed by atoms with E-state index in [4.69, 9.17) is 4.74 Å². The molecule has 16 heavy (non-hydrogen) atoms. The Morgan fingerprint density at radius 1 is 1.38 bits per heavy atom. The fraction of sp³-hybridized carbons (Fsp3) is 0.917. The minimum Gasteiger partial charge on any atom is -0.459 e. The number of aliphatic hydroxyl groups is 1. The van der Waals surface area contributed by atoms with Crippen LogP contribution in [0.5, 0.6) is 0 Å². The Hall–Kier alpha value is -0.610. The van der Waals surface area contributed by atoms with E-state index in [1.54, 1.807) is 0 Å². The molecule has 96 valence electrons. The normalized spacial score (nSPS) is 13.9. The lowest BCUT2D eigenvalue weighted by Gasteiger charge is -2.20. The molecule has 0 aliphatic heterocycles. The van der Waals surface area contributed by atoms with Crippen LogP contribution in [0.4, 0.5) is 0 Å². The smallest absolute Gasteiger partial charge is 0.320 e. The standard InChI is InChI=1S/C12H25NO3/c1-9(2)6-10(14)7-13-8-11(15)16-12(3,4)5/h9-10,13-14H,6-8H2,1-5H3. The second-order valence-corrected chi connectivity index (χ2v) is 5.50. The highest BCUT2D eigenvalue weighted by atomic mass is 16.6. The van der Waals surface area contributed by atoms with Crippen LogP contribution in [0.15, 0.2) is 0 Å². The van der Waals surface area contributed by atoms with Gasteiger partial charge in [0.15, 0.2) is 0 Å². The first-order chi connectivity index (χ1) is 7.20. The first-order valence-corrected chi connectivity index (χ1v) is 5.81. The highest BCUT2D eigenvalue weighted by molar-refractivity contribution is 5.72. The average molecular weight is 231 g/mol. The van der Waals surface area contributed by atoms with Gasteiger partial charge in [-0.15, -0.1) is 0 Å². The van der Waals surface area contributed by atoms with Crippen molar-refractivity contribution in [2.45, 2.75) is 52.7 Å². The van der Waals surface area contributed by atoms with Gasteiger partial charge in [0.05, 0.1) is 12.6 Å². The number of aliphatic hydroxyl groups excluding tert-OH is 1. The van der Waals surface area contributed by atoms with Crippen LogP contribution >= 0.6 is 0 Å². The summed E-state index contributed by atoms with van der Waals surface area (Å²) in [4.78, 5) is 11.3. The predicted molar refractivity (Wildman–Crippen MR) is 64.2 cm³/mol. The summed E-state index contributed by atoms with van der Waals surface area (Å²) in [6.07, 6.45) is 0.337. The molecule has 0 spiro atoms. The summed E-state index contributed by atoms with van der Waals surface area (Å²) in [5.74, 6) is 0.169. The zero-order chi connectivity index (χ0) is 12.8. The number of nitrogens with one attached hydrogen (secondary N) is 1. The van der Waals surface area contributed by atoms with Crippen molar-refractivity contribution in [1.82, 2.24) is 5.32 Å². The monoisotopic (exact) mass is 231 g/mol. The zero-order valence-corrected chi connectivity index (χ0v) is 11.0. The van der Waals surface area contributed by atoms with E-state index in [1.165, 1.54) is 0 Å². The fourth-order valence-electron chi connectivity index (χ4n) is 1.35. The van der Waals surface area contributed by atoms with E-state index >= 15 is 0 Å². The highest BCUT2D eigenvalue weighted by Crippen LogP contribution is 2.06. The Kier molecular flexibility index (Phi) is 6.60. The maximum Gasteiger partial charge on any atom is 0.320 e. The summed E-state index contributed by atoms with van der Waals surface area (Å²) in [6, 6.07) is 0. The van der Waals surface area contributed by atoms with Crippen LogP contribution in [0.2, 0.25) is 0 Å². The molecule has 1 atom stereocenters. The van der Waals surface area contributed by atoms with E-state index in [1.807, 2.05) is 20.8 Å². The molecular weight excluding hydrogens is 206 g/mol. The quantitative estimate of drug-likeness (QED) is 0.677. The average Bonchev–Trinajstić information content (AvgIpc) is 1.98. The molecular formula is C12H25NO3. The Balaban J connectivity index is 3.62. The van der Waals surface area contributed by atoms with Crippen molar-refractivity contribution in [2.24, 2.45) is 5.92 Å². The molecule has 0 aromatic heterocycles. The van der Waals surface area contributed by atoms with E-state index in [0.29, 0.717) is 12.5 Å². The number of esters is 1. The Bertz CT molecular complexity index is 209. The van der Waals surface area contributed by atoms with E-state index in [9.17, 15) is 9.90 Å². The molecule has 4 nitrogen and oxygen atoms in total. The molecule has 0 saturated heterocycles. The molecule has 1 unspecified atom stereocenters. The summed E-state index contributed by atoms with van der Waals surface area (Å²) >= 11 is 0. The van der Waals surface area contributed by atoms with E-state index in [0.717, 1.165) is 6.42 Å². The fourth-order valence-corrected chi connectivity index (χ4v) is 1.35. The third-order valence-electron chi connectivity index (χ3n) is 1.81. The first-order valence-electron chi connectivity index (χ1n) is 5.81. The van der Waals surface area contributed by atoms with Crippen molar-refractivity contribution in [3.8, 4) is 0 Å². The molecule has 4 heteroatoms. The third kappa shape index (κ3) is 9.93. The van der Waals surface area contributed by atoms with Crippen LogP contribution in [0, 0.1) is 5.92 Å². The van der Waals surface area contributed by atoms with Gasteiger partial charge in [-0.05, 0) is 33.1 Å². The molecule has 0 heterocycles. The van der Waals surface area contributed by atoms with Gasteiger partial charge in [0.1, 0.15) is 5.60 Å². The third-order valence-corrected chi connectivity index (χ3v) is 1.81. The van der Waals surface area contributed by atoms with Crippen LogP contribution < -0.4 is 5.32 Å². The summed E-state index contributed by atoms with van der Waals surface area (Å²) in [7, 11) is 0. The number of carbonyl (C=O) groups is 1. The van der Waals surface area contributed by atoms with Crippen molar-refractivity contribution in [3.05, 3.63) is 0 Å². The summed E-state index contributed by atoms with van der Waals surface area (Å²) in [6.45, 7) is 10.2. The van der Waals surface area contributed by atoms with Gasteiger partial charge in [-0.1, -0.05) is 13.8 Å². The van der Waals surface area contributed by atoms with Gasteiger partial charge < -0.3 is 15.2 Å². The second kappa shape index (κ2) is 6.86. The molecule has 0 fully saturated rings. The number of ether oxygens (including phenoxy) is 1. The Morgan fingerprint density at radius 2 is 1.94 bits per heavy atom. The maximum atomic E-state index is 11.3. The first kappa shape index (κ1) is 15.4. The molecule has 0 aromatic rings. The van der Waals surface area contributed by atoms with Crippen LogP contribution in [0.1, 0.15) is 41.0 Å². The van der Waals surface area contributed by atoms with Crippen LogP contribution in [-0.4, -0.2) is 35.9 Å². The van der Waals surface area contributed by atoms with Gasteiger partial charge in [-0.2, -0.15) is 0 Å². The largest absolute Gasteiger partial charge is 0.459 e. The van der Waals surface area contributed by atoms with Crippen molar-refractivity contribution >= 4 is 5.97 Å². The maximum absolute atomic E-state index is 11.3. The predicted octanol–water partition coefficient (Wildman–Crippen LogP) is 1.32. The molecule has 0 bridgehead atoms. The minimum atomic E-state index is -0.449. The number of rotatable bonds is 6. The summed E-state index contributed by atoms with van der Waals surface area (Å²) in [5.41, 5.74) is -0.449. The zero-order valence-electron chi connectivity index (χ0n) is 11.0. The minimum absolute atomic E-state index is 0.145. The van der Waals surface area contributed by atoms with Crippen LogP contribution in [0.25, 0.3) is 0 Å². The van der Waals surface area contributed by atoms with Gasteiger partial charge in [-0.3, -0.25) is 4.79 Å². The van der Waals surface area contributed by atoms with Crippen molar-refractivity contribution in [3.63, 3.8) is 0 Å². The number of hydrogen-bond donors (Lipinski definition) is 2. The summed E-state index contributed by atoms with van der Waals surface area (Å²) in [5, 5.41) is 12.4. The SMILES string of the molecule is CC(C)CC(O)CNCC(=O)OC(C)(C)C. The number of carbonyl (C=O) groups excluding carboxylic acids is 1. The molecule has 0 aromatic carbocycles. The molecule has 0 radical (unpaired) electrons. The molecule has 0 amide bonds. The van der Waals surface area contributed by atoms with Crippen LogP contribution in [-0.2, 0) is 9.53 Å². The second-order valence-electron chi connectivity index (χ2n) is 5.50. The Labute approximate surface area is 98.4 Å². The van der Waals surface area contributed by atoms with Gasteiger partial charge in [0.25, 0.3) is 0 Å². The van der Waals surface area contributed by atoms with E-state index < -0.39 is 11.7 Å². The van der Waals surface area contributed by atoms with Gasteiger partial charge in [0, 0.05) is 6.54 Å². The molecule has 2 N–H and O–H groups in total. The molecule has 0 aliphatic rings. The lowest BCUT2D eigenvalue weighted by molar-refractivity contribution is -0.153. The summed E-state index contributed by atoms with van der Waals surface area (Å²) < 4.78 is 5.12. The lowest BCUT2D eigenvalue weighted by Crippen LogP contribution is -2.35. The molecule has 0 saturated carbocycles. The molecule has 0 rings (SSSR count).